The molecule has 1 fully saturated rings. The summed E-state index contributed by atoms with van der Waals surface area (Å²) < 4.78 is 13.1. The van der Waals surface area contributed by atoms with E-state index in [1.807, 2.05) is 18.2 Å². The number of fused-ring (bicyclic) bond motifs is 1. The molecule has 1 aliphatic heterocycles. The molecule has 1 N–H and O–H groups in total. The Labute approximate surface area is 146 Å². The molecular formula is C21H21FN2O. The second-order valence-corrected chi connectivity index (χ2v) is 6.71. The quantitative estimate of drug-likeness (QED) is 0.776. The zero-order valence-corrected chi connectivity index (χ0v) is 14.1. The molecule has 0 amide bonds. The van der Waals surface area contributed by atoms with Gasteiger partial charge in [0.1, 0.15) is 11.6 Å². The standard InChI is InChI=1S/C21H21FN2O/c22-17-9-7-15(8-10-17)13-16-5-4-6-18-19(25)14-20(23-21(16)18)24-11-2-1-3-12-24/h4-10,14H,1-3,11-13H2,(H,23,25). The first-order chi connectivity index (χ1) is 12.2. The van der Waals surface area contributed by atoms with Gasteiger partial charge in [-0.15, -0.1) is 0 Å². The molecule has 4 heteroatoms. The summed E-state index contributed by atoms with van der Waals surface area (Å²) in [5.41, 5.74) is 3.02. The number of aromatic nitrogens is 1. The van der Waals surface area contributed by atoms with Crippen LogP contribution in [0.4, 0.5) is 10.2 Å². The Balaban J connectivity index is 1.77. The van der Waals surface area contributed by atoms with Crippen LogP contribution >= 0.6 is 0 Å². The molecule has 25 heavy (non-hydrogen) atoms. The van der Waals surface area contributed by atoms with E-state index >= 15 is 0 Å². The van der Waals surface area contributed by atoms with E-state index in [9.17, 15) is 9.18 Å². The van der Waals surface area contributed by atoms with Gasteiger partial charge in [0, 0.05) is 24.5 Å². The third-order valence-electron chi connectivity index (χ3n) is 4.94. The Bertz CT molecular complexity index is 940. The molecule has 0 spiro atoms. The van der Waals surface area contributed by atoms with Crippen LogP contribution in [-0.2, 0) is 6.42 Å². The molecule has 0 radical (unpaired) electrons. The minimum Gasteiger partial charge on any atom is -0.358 e. The van der Waals surface area contributed by atoms with Crippen LogP contribution in [0.1, 0.15) is 30.4 Å². The summed E-state index contributed by atoms with van der Waals surface area (Å²) in [7, 11) is 0. The summed E-state index contributed by atoms with van der Waals surface area (Å²) >= 11 is 0. The third kappa shape index (κ3) is 3.29. The van der Waals surface area contributed by atoms with Crippen molar-refractivity contribution in [3.63, 3.8) is 0 Å². The normalized spacial score (nSPS) is 14.8. The van der Waals surface area contributed by atoms with E-state index in [1.54, 1.807) is 18.2 Å². The highest BCUT2D eigenvalue weighted by molar-refractivity contribution is 5.83. The van der Waals surface area contributed by atoms with Gasteiger partial charge in [-0.1, -0.05) is 24.3 Å². The predicted octanol–water partition coefficient (Wildman–Crippen LogP) is 4.25. The van der Waals surface area contributed by atoms with Crippen LogP contribution in [0, 0.1) is 5.82 Å². The smallest absolute Gasteiger partial charge is 0.191 e. The van der Waals surface area contributed by atoms with E-state index in [0.29, 0.717) is 11.8 Å². The van der Waals surface area contributed by atoms with Gasteiger partial charge < -0.3 is 9.88 Å². The summed E-state index contributed by atoms with van der Waals surface area (Å²) in [6.45, 7) is 1.98. The topological polar surface area (TPSA) is 36.1 Å². The van der Waals surface area contributed by atoms with E-state index in [2.05, 4.69) is 9.88 Å². The maximum absolute atomic E-state index is 13.1. The second kappa shape index (κ2) is 6.71. The number of benzene rings is 2. The lowest BCUT2D eigenvalue weighted by Crippen LogP contribution is -2.31. The first-order valence-electron chi connectivity index (χ1n) is 8.85. The van der Waals surface area contributed by atoms with Crippen LogP contribution in [0.15, 0.2) is 53.3 Å². The molecule has 2 heterocycles. The van der Waals surface area contributed by atoms with Crippen LogP contribution in [0.2, 0.25) is 0 Å². The number of hydrogen-bond acceptors (Lipinski definition) is 2. The first kappa shape index (κ1) is 15.9. The minimum atomic E-state index is -0.234. The Hall–Kier alpha value is -2.62. The van der Waals surface area contributed by atoms with E-state index in [1.165, 1.54) is 18.6 Å². The van der Waals surface area contributed by atoms with E-state index < -0.39 is 0 Å². The number of nitrogens with one attached hydrogen (secondary N) is 1. The predicted molar refractivity (Wildman–Crippen MR) is 99.8 cm³/mol. The number of piperidine rings is 1. The molecule has 0 saturated carbocycles. The van der Waals surface area contributed by atoms with Crippen LogP contribution < -0.4 is 10.3 Å². The third-order valence-corrected chi connectivity index (χ3v) is 4.94. The summed E-state index contributed by atoms with van der Waals surface area (Å²) in [5.74, 6) is 0.672. The highest BCUT2D eigenvalue weighted by Gasteiger charge is 2.14. The number of pyridine rings is 1. The molecule has 1 aromatic heterocycles. The van der Waals surface area contributed by atoms with Crippen molar-refractivity contribution >= 4 is 16.7 Å². The molecular weight excluding hydrogens is 315 g/mol. The largest absolute Gasteiger partial charge is 0.358 e. The summed E-state index contributed by atoms with van der Waals surface area (Å²) in [4.78, 5) is 18.3. The number of aromatic amines is 1. The maximum Gasteiger partial charge on any atom is 0.191 e. The molecule has 128 valence electrons. The second-order valence-electron chi connectivity index (χ2n) is 6.71. The monoisotopic (exact) mass is 336 g/mol. The zero-order valence-electron chi connectivity index (χ0n) is 14.1. The Morgan fingerprint density at radius 3 is 2.52 bits per heavy atom. The molecule has 0 atom stereocenters. The molecule has 2 aromatic carbocycles. The van der Waals surface area contributed by atoms with Crippen molar-refractivity contribution in [2.45, 2.75) is 25.7 Å². The average molecular weight is 336 g/mol. The number of anilines is 1. The van der Waals surface area contributed by atoms with E-state index in [0.717, 1.165) is 48.4 Å². The van der Waals surface area contributed by atoms with Crippen LogP contribution in [0.25, 0.3) is 10.9 Å². The zero-order chi connectivity index (χ0) is 17.2. The van der Waals surface area contributed by atoms with Gasteiger partial charge in [-0.3, -0.25) is 4.79 Å². The van der Waals surface area contributed by atoms with E-state index in [-0.39, 0.29) is 11.2 Å². The van der Waals surface area contributed by atoms with Crippen molar-refractivity contribution in [2.24, 2.45) is 0 Å². The van der Waals surface area contributed by atoms with Gasteiger partial charge in [0.05, 0.1) is 5.52 Å². The van der Waals surface area contributed by atoms with Crippen molar-refractivity contribution < 1.29 is 4.39 Å². The van der Waals surface area contributed by atoms with Gasteiger partial charge in [0.15, 0.2) is 5.43 Å². The molecule has 4 rings (SSSR count). The molecule has 3 aromatic rings. The highest BCUT2D eigenvalue weighted by atomic mass is 19.1. The lowest BCUT2D eigenvalue weighted by Gasteiger charge is -2.28. The van der Waals surface area contributed by atoms with Gasteiger partial charge in [-0.2, -0.15) is 0 Å². The Kier molecular flexibility index (Phi) is 4.26. The SMILES string of the molecule is O=c1cc(N2CCCCC2)[nH]c2c(Cc3ccc(F)cc3)cccc12. The fraction of sp³-hybridized carbons (Fsp3) is 0.286. The summed E-state index contributed by atoms with van der Waals surface area (Å²) in [5, 5.41) is 0.709. The van der Waals surface area contributed by atoms with E-state index in [4.69, 9.17) is 0 Å². The molecule has 1 aliphatic rings. The molecule has 1 saturated heterocycles. The summed E-state index contributed by atoms with van der Waals surface area (Å²) in [6.07, 6.45) is 4.25. The maximum atomic E-state index is 13.1. The molecule has 0 bridgehead atoms. The lowest BCUT2D eigenvalue weighted by atomic mass is 10.0. The highest BCUT2D eigenvalue weighted by Crippen LogP contribution is 2.23. The van der Waals surface area contributed by atoms with Gasteiger partial charge in [0.25, 0.3) is 0 Å². The molecule has 0 unspecified atom stereocenters. The minimum absolute atomic E-state index is 0.0512. The van der Waals surface area contributed by atoms with Gasteiger partial charge >= 0.3 is 0 Å². The molecule has 0 aliphatic carbocycles. The Morgan fingerprint density at radius 2 is 1.76 bits per heavy atom. The number of para-hydroxylation sites is 1. The first-order valence-corrected chi connectivity index (χ1v) is 8.85. The van der Waals surface area contributed by atoms with Crippen molar-refractivity contribution in [1.82, 2.24) is 4.98 Å². The average Bonchev–Trinajstić information content (AvgIpc) is 2.65. The number of H-pyrrole nitrogens is 1. The van der Waals surface area contributed by atoms with Crippen LogP contribution in [-0.4, -0.2) is 18.1 Å². The van der Waals surface area contributed by atoms with Crippen molar-refractivity contribution in [3.8, 4) is 0 Å². The molecule has 3 nitrogen and oxygen atoms in total. The number of nitrogens with zero attached hydrogens (tertiary/aromatic N) is 1. The summed E-state index contributed by atoms with van der Waals surface area (Å²) in [6, 6.07) is 14.1. The van der Waals surface area contributed by atoms with Crippen LogP contribution in [0.5, 0.6) is 0 Å². The fourth-order valence-electron chi connectivity index (χ4n) is 3.59. The Morgan fingerprint density at radius 1 is 1.00 bits per heavy atom. The van der Waals surface area contributed by atoms with Crippen LogP contribution in [0.3, 0.4) is 0 Å². The number of halogens is 1. The number of hydrogen-bond donors (Lipinski definition) is 1. The van der Waals surface area contributed by atoms with Crippen molar-refractivity contribution in [2.75, 3.05) is 18.0 Å². The van der Waals surface area contributed by atoms with Gasteiger partial charge in [-0.25, -0.2) is 4.39 Å². The fourth-order valence-corrected chi connectivity index (χ4v) is 3.59. The van der Waals surface area contributed by atoms with Gasteiger partial charge in [-0.05, 0) is 55.0 Å². The van der Waals surface area contributed by atoms with Crippen molar-refractivity contribution in [1.29, 1.82) is 0 Å². The number of rotatable bonds is 3. The lowest BCUT2D eigenvalue weighted by molar-refractivity contribution is 0.574. The van der Waals surface area contributed by atoms with Crippen molar-refractivity contribution in [3.05, 3.63) is 75.7 Å². The van der Waals surface area contributed by atoms with Gasteiger partial charge in [0.2, 0.25) is 0 Å².